The smallest absolute Gasteiger partial charge is 0.178 e. The summed E-state index contributed by atoms with van der Waals surface area (Å²) in [5.74, 6) is 0.113. The topological polar surface area (TPSA) is 20.7 Å². The van der Waals surface area contributed by atoms with Crippen molar-refractivity contribution in [2.75, 3.05) is 0 Å². The third kappa shape index (κ3) is 2.56. The van der Waals surface area contributed by atoms with Crippen molar-refractivity contribution in [3.8, 4) is 0 Å². The van der Waals surface area contributed by atoms with E-state index >= 15 is 0 Å². The Hall–Kier alpha value is -0.870. The van der Waals surface area contributed by atoms with E-state index in [9.17, 15) is 4.39 Å². The fourth-order valence-corrected chi connectivity index (χ4v) is 3.24. The highest BCUT2D eigenvalue weighted by molar-refractivity contribution is 7.71. The van der Waals surface area contributed by atoms with Gasteiger partial charge in [-0.15, -0.1) is 0 Å². The summed E-state index contributed by atoms with van der Waals surface area (Å²) in [6.07, 6.45) is 2.17. The molecule has 0 bridgehead atoms. The number of aromatic amines is 1. The van der Waals surface area contributed by atoms with Crippen LogP contribution in [0.15, 0.2) is 12.1 Å². The van der Waals surface area contributed by atoms with Crippen LogP contribution in [0, 0.1) is 16.5 Å². The molecule has 2 aromatic rings. The van der Waals surface area contributed by atoms with E-state index in [4.69, 9.17) is 23.8 Å². The van der Waals surface area contributed by atoms with Gasteiger partial charge in [-0.05, 0) is 31.1 Å². The first-order valence-electron chi connectivity index (χ1n) is 6.58. The van der Waals surface area contributed by atoms with Gasteiger partial charge in [0, 0.05) is 12.1 Å². The number of benzene rings is 1. The van der Waals surface area contributed by atoms with Crippen molar-refractivity contribution in [1.29, 1.82) is 0 Å². The molecule has 2 nitrogen and oxygen atoms in total. The molecule has 19 heavy (non-hydrogen) atoms. The number of aromatic nitrogens is 2. The molecule has 1 unspecified atom stereocenters. The predicted octanol–water partition coefficient (Wildman–Crippen LogP) is 5.49. The summed E-state index contributed by atoms with van der Waals surface area (Å²) < 4.78 is 16.2. The molecule has 1 aromatic heterocycles. The van der Waals surface area contributed by atoms with Crippen LogP contribution in [0.5, 0.6) is 0 Å². The van der Waals surface area contributed by atoms with Gasteiger partial charge in [-0.3, -0.25) is 0 Å². The molecule has 0 aliphatic rings. The van der Waals surface area contributed by atoms with Gasteiger partial charge in [-0.1, -0.05) is 38.3 Å². The summed E-state index contributed by atoms with van der Waals surface area (Å²) in [6.45, 7) is 6.50. The minimum absolute atomic E-state index is 0.131. The van der Waals surface area contributed by atoms with Crippen LogP contribution in [-0.4, -0.2) is 9.55 Å². The SMILES string of the molecule is CCC(CC)C(C)n1c(=S)[nH]c2cc(F)c(Cl)cc21. The molecule has 0 saturated heterocycles. The first kappa shape index (κ1) is 14.5. The van der Waals surface area contributed by atoms with Crippen LogP contribution < -0.4 is 0 Å². The van der Waals surface area contributed by atoms with Crippen LogP contribution in [0.2, 0.25) is 5.02 Å². The van der Waals surface area contributed by atoms with Gasteiger partial charge in [-0.2, -0.15) is 0 Å². The quantitative estimate of drug-likeness (QED) is 0.741. The molecular formula is C14H18ClFN2S. The minimum atomic E-state index is -0.423. The zero-order valence-electron chi connectivity index (χ0n) is 11.3. The second-order valence-corrected chi connectivity index (χ2v) is 5.69. The lowest BCUT2D eigenvalue weighted by Crippen LogP contribution is -2.15. The zero-order chi connectivity index (χ0) is 14.2. The van der Waals surface area contributed by atoms with Crippen LogP contribution in [0.25, 0.3) is 11.0 Å². The maximum atomic E-state index is 13.5. The number of imidazole rings is 1. The van der Waals surface area contributed by atoms with E-state index in [-0.39, 0.29) is 11.1 Å². The molecule has 1 heterocycles. The number of halogens is 2. The maximum Gasteiger partial charge on any atom is 0.178 e. The van der Waals surface area contributed by atoms with E-state index in [0.29, 0.717) is 16.2 Å². The molecule has 0 radical (unpaired) electrons. The molecule has 0 amide bonds. The van der Waals surface area contributed by atoms with Crippen molar-refractivity contribution in [2.24, 2.45) is 5.92 Å². The second-order valence-electron chi connectivity index (χ2n) is 4.90. The van der Waals surface area contributed by atoms with Gasteiger partial charge >= 0.3 is 0 Å². The third-order valence-corrected chi connectivity index (χ3v) is 4.49. The lowest BCUT2D eigenvalue weighted by atomic mass is 9.95. The Bertz CT molecular complexity index is 643. The van der Waals surface area contributed by atoms with E-state index in [0.717, 1.165) is 18.4 Å². The largest absolute Gasteiger partial charge is 0.330 e. The monoisotopic (exact) mass is 300 g/mol. The van der Waals surface area contributed by atoms with Crippen LogP contribution in [-0.2, 0) is 0 Å². The number of rotatable bonds is 4. The van der Waals surface area contributed by atoms with Crippen molar-refractivity contribution >= 4 is 34.9 Å². The van der Waals surface area contributed by atoms with Gasteiger partial charge in [0.05, 0.1) is 16.1 Å². The lowest BCUT2D eigenvalue weighted by Gasteiger charge is -2.23. The summed E-state index contributed by atoms with van der Waals surface area (Å²) in [5, 5.41) is 0.131. The van der Waals surface area contributed by atoms with E-state index in [2.05, 4.69) is 25.8 Å². The Morgan fingerprint density at radius 2 is 2.00 bits per heavy atom. The summed E-state index contributed by atoms with van der Waals surface area (Å²) in [7, 11) is 0. The highest BCUT2D eigenvalue weighted by Crippen LogP contribution is 2.30. The zero-order valence-corrected chi connectivity index (χ0v) is 12.9. The van der Waals surface area contributed by atoms with Crippen molar-refractivity contribution < 1.29 is 4.39 Å². The van der Waals surface area contributed by atoms with Crippen molar-refractivity contribution in [3.05, 3.63) is 27.7 Å². The van der Waals surface area contributed by atoms with Crippen molar-refractivity contribution in [3.63, 3.8) is 0 Å². The van der Waals surface area contributed by atoms with E-state index in [1.807, 2.05) is 4.57 Å². The van der Waals surface area contributed by atoms with Gasteiger partial charge in [0.15, 0.2) is 4.77 Å². The molecule has 0 saturated carbocycles. The third-order valence-electron chi connectivity index (χ3n) is 3.90. The summed E-state index contributed by atoms with van der Waals surface area (Å²) in [6, 6.07) is 3.32. The second kappa shape index (κ2) is 5.63. The average Bonchev–Trinajstić information content (AvgIpc) is 2.66. The van der Waals surface area contributed by atoms with Crippen LogP contribution in [0.3, 0.4) is 0 Å². The van der Waals surface area contributed by atoms with Crippen LogP contribution in [0.1, 0.15) is 39.7 Å². The van der Waals surface area contributed by atoms with E-state index < -0.39 is 5.82 Å². The first-order chi connectivity index (χ1) is 8.99. The van der Waals surface area contributed by atoms with E-state index in [1.54, 1.807) is 6.07 Å². The Kier molecular flexibility index (Phi) is 4.31. The number of nitrogens with zero attached hydrogens (tertiary/aromatic N) is 1. The number of H-pyrrole nitrogens is 1. The Morgan fingerprint density at radius 3 is 2.58 bits per heavy atom. The molecule has 5 heteroatoms. The lowest BCUT2D eigenvalue weighted by molar-refractivity contribution is 0.337. The number of nitrogens with one attached hydrogen (secondary N) is 1. The summed E-state index contributed by atoms with van der Waals surface area (Å²) in [5.41, 5.74) is 1.57. The fraction of sp³-hybridized carbons (Fsp3) is 0.500. The minimum Gasteiger partial charge on any atom is -0.330 e. The molecular weight excluding hydrogens is 283 g/mol. The van der Waals surface area contributed by atoms with Gasteiger partial charge < -0.3 is 9.55 Å². The van der Waals surface area contributed by atoms with Crippen molar-refractivity contribution in [1.82, 2.24) is 9.55 Å². The van der Waals surface area contributed by atoms with Gasteiger partial charge in [0.2, 0.25) is 0 Å². The molecule has 1 aromatic carbocycles. The molecule has 1 atom stereocenters. The molecule has 0 fully saturated rings. The predicted molar refractivity (Wildman–Crippen MR) is 80.9 cm³/mol. The number of fused-ring (bicyclic) bond motifs is 1. The summed E-state index contributed by atoms with van der Waals surface area (Å²) >= 11 is 11.3. The first-order valence-corrected chi connectivity index (χ1v) is 7.37. The molecule has 0 aliphatic heterocycles. The molecule has 0 aliphatic carbocycles. The molecule has 0 spiro atoms. The Morgan fingerprint density at radius 1 is 1.37 bits per heavy atom. The number of hydrogen-bond donors (Lipinski definition) is 1. The average molecular weight is 301 g/mol. The fourth-order valence-electron chi connectivity index (χ4n) is 2.71. The summed E-state index contributed by atoms with van der Waals surface area (Å²) in [4.78, 5) is 3.06. The Labute approximate surface area is 122 Å². The normalized spacial score (nSPS) is 13.4. The molecule has 104 valence electrons. The highest BCUT2D eigenvalue weighted by atomic mass is 35.5. The van der Waals surface area contributed by atoms with Crippen molar-refractivity contribution in [2.45, 2.75) is 39.7 Å². The van der Waals surface area contributed by atoms with E-state index in [1.165, 1.54) is 6.07 Å². The van der Waals surface area contributed by atoms with Gasteiger partial charge in [0.25, 0.3) is 0 Å². The van der Waals surface area contributed by atoms with Gasteiger partial charge in [0.1, 0.15) is 5.82 Å². The standard InChI is InChI=1S/C14H18ClFN2S/c1-4-9(5-2)8(3)18-13-6-10(15)11(16)7-12(13)17-14(18)19/h6-9H,4-5H2,1-3H3,(H,17,19). The molecule has 2 rings (SSSR count). The van der Waals surface area contributed by atoms with Crippen LogP contribution >= 0.6 is 23.8 Å². The highest BCUT2D eigenvalue weighted by Gasteiger charge is 2.19. The maximum absolute atomic E-state index is 13.5. The Balaban J connectivity index is 2.63. The number of hydrogen-bond acceptors (Lipinski definition) is 1. The van der Waals surface area contributed by atoms with Crippen LogP contribution in [0.4, 0.5) is 4.39 Å². The van der Waals surface area contributed by atoms with Gasteiger partial charge in [-0.25, -0.2) is 4.39 Å². The molecule has 1 N–H and O–H groups in total.